The zero-order valence-corrected chi connectivity index (χ0v) is 14.6. The van der Waals surface area contributed by atoms with E-state index < -0.39 is 0 Å². The van der Waals surface area contributed by atoms with Crippen LogP contribution in [0.1, 0.15) is 58.7 Å². The molecule has 0 radical (unpaired) electrons. The van der Waals surface area contributed by atoms with Gasteiger partial charge in [0.05, 0.1) is 23.0 Å². The van der Waals surface area contributed by atoms with E-state index in [4.69, 9.17) is 11.6 Å². The molecule has 2 atom stereocenters. The molecule has 0 spiro atoms. The summed E-state index contributed by atoms with van der Waals surface area (Å²) in [6, 6.07) is 0.209. The maximum Gasteiger partial charge on any atom is 0.0834 e. The van der Waals surface area contributed by atoms with Crippen LogP contribution in [0.2, 0.25) is 5.02 Å². The van der Waals surface area contributed by atoms with Gasteiger partial charge in [-0.1, -0.05) is 25.4 Å². The van der Waals surface area contributed by atoms with Crippen molar-refractivity contribution in [2.24, 2.45) is 0 Å². The Morgan fingerprint density at radius 2 is 2.00 bits per heavy atom. The molecule has 0 aromatic carbocycles. The molecule has 1 aliphatic heterocycles. The van der Waals surface area contributed by atoms with E-state index in [1.54, 1.807) is 6.20 Å². The van der Waals surface area contributed by atoms with E-state index >= 15 is 0 Å². The Balaban J connectivity index is 2.42. The van der Waals surface area contributed by atoms with E-state index in [1.807, 2.05) is 4.68 Å². The predicted octanol–water partition coefficient (Wildman–Crippen LogP) is 3.47. The first-order chi connectivity index (χ1) is 10.1. The summed E-state index contributed by atoms with van der Waals surface area (Å²) in [4.78, 5) is 2.63. The molecule has 2 heterocycles. The summed E-state index contributed by atoms with van der Waals surface area (Å²) >= 11 is 6.48. The highest BCUT2D eigenvalue weighted by Gasteiger charge is 2.42. The summed E-state index contributed by atoms with van der Waals surface area (Å²) < 4.78 is 2.04. The van der Waals surface area contributed by atoms with Crippen LogP contribution in [0.15, 0.2) is 6.20 Å². The van der Waals surface area contributed by atoms with Gasteiger partial charge in [-0.25, -0.2) is 0 Å². The van der Waals surface area contributed by atoms with Gasteiger partial charge in [0.1, 0.15) is 0 Å². The first-order valence-electron chi connectivity index (χ1n) is 8.28. The molecular weight excluding hydrogens is 284 g/mol. The van der Waals surface area contributed by atoms with E-state index in [2.05, 4.69) is 43.0 Å². The third-order valence-corrected chi connectivity index (χ3v) is 5.27. The SMILES string of the molecule is CCNC(c1c(Cl)cnn1CC)C(C)(CC)N1CCCC1. The molecule has 1 aliphatic rings. The summed E-state index contributed by atoms with van der Waals surface area (Å²) in [6.45, 7) is 13.1. The summed E-state index contributed by atoms with van der Waals surface area (Å²) in [5, 5.41) is 8.90. The Kier molecular flexibility index (Phi) is 5.69. The van der Waals surface area contributed by atoms with Gasteiger partial charge in [0.2, 0.25) is 0 Å². The second-order valence-corrected chi connectivity index (χ2v) is 6.50. The van der Waals surface area contributed by atoms with Crippen molar-refractivity contribution in [2.45, 2.75) is 65.1 Å². The minimum atomic E-state index is 0.0725. The molecule has 2 rings (SSSR count). The van der Waals surface area contributed by atoms with Gasteiger partial charge in [-0.3, -0.25) is 9.58 Å². The van der Waals surface area contributed by atoms with E-state index in [9.17, 15) is 0 Å². The quantitative estimate of drug-likeness (QED) is 0.837. The molecule has 1 aromatic heterocycles. The van der Waals surface area contributed by atoms with Crippen molar-refractivity contribution in [2.75, 3.05) is 19.6 Å². The summed E-state index contributed by atoms with van der Waals surface area (Å²) in [7, 11) is 0. The zero-order chi connectivity index (χ0) is 15.5. The van der Waals surface area contributed by atoms with E-state index in [1.165, 1.54) is 25.9 Å². The Morgan fingerprint density at radius 1 is 1.33 bits per heavy atom. The van der Waals surface area contributed by atoms with E-state index in [0.29, 0.717) is 0 Å². The lowest BCUT2D eigenvalue weighted by Crippen LogP contribution is -2.54. The van der Waals surface area contributed by atoms with Gasteiger partial charge in [0.15, 0.2) is 0 Å². The average Bonchev–Trinajstić information content (AvgIpc) is 3.14. The summed E-state index contributed by atoms with van der Waals surface area (Å²) in [5.74, 6) is 0. The Bertz CT molecular complexity index is 453. The first-order valence-corrected chi connectivity index (χ1v) is 8.65. The number of likely N-dealkylation sites (tertiary alicyclic amines) is 1. The van der Waals surface area contributed by atoms with Crippen molar-refractivity contribution in [3.63, 3.8) is 0 Å². The van der Waals surface area contributed by atoms with Crippen LogP contribution in [0.5, 0.6) is 0 Å². The van der Waals surface area contributed by atoms with Crippen LogP contribution >= 0.6 is 11.6 Å². The average molecular weight is 313 g/mol. The minimum Gasteiger partial charge on any atom is -0.307 e. The highest BCUT2D eigenvalue weighted by Crippen LogP contribution is 2.38. The van der Waals surface area contributed by atoms with E-state index in [-0.39, 0.29) is 11.6 Å². The molecule has 0 saturated carbocycles. The monoisotopic (exact) mass is 312 g/mol. The molecule has 5 heteroatoms. The van der Waals surface area contributed by atoms with Gasteiger partial charge in [-0.05, 0) is 52.7 Å². The van der Waals surface area contributed by atoms with Gasteiger partial charge in [0.25, 0.3) is 0 Å². The molecule has 1 fully saturated rings. The molecular formula is C16H29ClN4. The zero-order valence-electron chi connectivity index (χ0n) is 13.8. The highest BCUT2D eigenvalue weighted by atomic mass is 35.5. The van der Waals surface area contributed by atoms with Crippen molar-refractivity contribution >= 4 is 11.6 Å². The largest absolute Gasteiger partial charge is 0.307 e. The number of nitrogens with zero attached hydrogens (tertiary/aromatic N) is 3. The number of likely N-dealkylation sites (N-methyl/N-ethyl adjacent to an activating group) is 1. The molecule has 4 nitrogen and oxygen atoms in total. The molecule has 1 N–H and O–H groups in total. The second kappa shape index (κ2) is 7.12. The lowest BCUT2D eigenvalue weighted by molar-refractivity contribution is 0.0809. The maximum absolute atomic E-state index is 6.48. The fourth-order valence-electron chi connectivity index (χ4n) is 3.56. The van der Waals surface area contributed by atoms with Gasteiger partial charge in [0, 0.05) is 12.1 Å². The number of nitrogens with one attached hydrogen (secondary N) is 1. The second-order valence-electron chi connectivity index (χ2n) is 6.09. The van der Waals surface area contributed by atoms with Crippen LogP contribution in [-0.4, -0.2) is 39.9 Å². The molecule has 0 amide bonds. The van der Waals surface area contributed by atoms with Crippen LogP contribution < -0.4 is 5.32 Å². The number of aryl methyl sites for hydroxylation is 1. The Morgan fingerprint density at radius 3 is 2.52 bits per heavy atom. The standard InChI is InChI=1S/C16H29ClN4/c1-5-16(4,20-10-8-9-11-20)15(18-6-2)14-13(17)12-19-21(14)7-3/h12,15,18H,5-11H2,1-4H3. The molecule has 1 aromatic rings. The van der Waals surface area contributed by atoms with Crippen LogP contribution in [0.3, 0.4) is 0 Å². The molecule has 0 aliphatic carbocycles. The first kappa shape index (κ1) is 16.8. The van der Waals surface area contributed by atoms with Crippen LogP contribution in [0, 0.1) is 0 Å². The third-order valence-electron chi connectivity index (χ3n) is 4.98. The van der Waals surface area contributed by atoms with Crippen molar-refractivity contribution in [3.05, 3.63) is 16.9 Å². The maximum atomic E-state index is 6.48. The van der Waals surface area contributed by atoms with Crippen molar-refractivity contribution < 1.29 is 0 Å². The van der Waals surface area contributed by atoms with Gasteiger partial charge in [-0.2, -0.15) is 5.10 Å². The fraction of sp³-hybridized carbons (Fsp3) is 0.812. The highest BCUT2D eigenvalue weighted by molar-refractivity contribution is 6.31. The Hall–Kier alpha value is -0.580. The lowest BCUT2D eigenvalue weighted by atomic mass is 9.85. The normalized spacial score (nSPS) is 20.6. The number of hydrogen-bond donors (Lipinski definition) is 1. The predicted molar refractivity (Wildman–Crippen MR) is 88.8 cm³/mol. The van der Waals surface area contributed by atoms with Gasteiger partial charge >= 0.3 is 0 Å². The van der Waals surface area contributed by atoms with Gasteiger partial charge in [-0.15, -0.1) is 0 Å². The van der Waals surface area contributed by atoms with Crippen molar-refractivity contribution in [3.8, 4) is 0 Å². The molecule has 120 valence electrons. The number of halogens is 1. The number of hydrogen-bond acceptors (Lipinski definition) is 3. The van der Waals surface area contributed by atoms with E-state index in [0.717, 1.165) is 30.2 Å². The van der Waals surface area contributed by atoms with Crippen LogP contribution in [0.4, 0.5) is 0 Å². The fourth-order valence-corrected chi connectivity index (χ4v) is 3.81. The van der Waals surface area contributed by atoms with Gasteiger partial charge < -0.3 is 5.32 Å². The lowest BCUT2D eigenvalue weighted by Gasteiger charge is -2.45. The molecule has 2 unspecified atom stereocenters. The molecule has 21 heavy (non-hydrogen) atoms. The summed E-state index contributed by atoms with van der Waals surface area (Å²) in [5.41, 5.74) is 1.21. The Labute approximate surface area is 133 Å². The topological polar surface area (TPSA) is 33.1 Å². The number of aromatic nitrogens is 2. The third kappa shape index (κ3) is 3.13. The molecule has 1 saturated heterocycles. The van der Waals surface area contributed by atoms with Crippen LogP contribution in [-0.2, 0) is 6.54 Å². The minimum absolute atomic E-state index is 0.0725. The van der Waals surface area contributed by atoms with Crippen molar-refractivity contribution in [1.82, 2.24) is 20.0 Å². The van der Waals surface area contributed by atoms with Crippen LogP contribution in [0.25, 0.3) is 0 Å². The number of rotatable bonds is 7. The molecule has 0 bridgehead atoms. The van der Waals surface area contributed by atoms with Crippen molar-refractivity contribution in [1.29, 1.82) is 0 Å². The summed E-state index contributed by atoms with van der Waals surface area (Å²) in [6.07, 6.45) is 5.48. The smallest absolute Gasteiger partial charge is 0.0834 e.